The lowest BCUT2D eigenvalue weighted by molar-refractivity contribution is -0.124. The van der Waals surface area contributed by atoms with Gasteiger partial charge in [-0.15, -0.1) is 0 Å². The molecule has 0 aromatic carbocycles. The first-order valence-electron chi connectivity index (χ1n) is 5.15. The Bertz CT molecular complexity index is 213. The predicted molar refractivity (Wildman–Crippen MR) is 61.1 cm³/mol. The molecule has 1 saturated heterocycles. The van der Waals surface area contributed by atoms with Crippen molar-refractivity contribution in [1.82, 2.24) is 5.32 Å². The minimum atomic E-state index is 0.0160. The second kappa shape index (κ2) is 6.45. The maximum atomic E-state index is 11.6. The highest BCUT2D eigenvalue weighted by atomic mass is 79.9. The monoisotopic (exact) mass is 279 g/mol. The number of rotatable bonds is 5. The van der Waals surface area contributed by atoms with Gasteiger partial charge in [-0.2, -0.15) is 0 Å². The van der Waals surface area contributed by atoms with E-state index in [-0.39, 0.29) is 22.8 Å². The number of methoxy groups -OCH3 is 1. The molecule has 1 fully saturated rings. The molecule has 1 amide bonds. The van der Waals surface area contributed by atoms with Gasteiger partial charge in [-0.1, -0.05) is 15.9 Å². The van der Waals surface area contributed by atoms with Gasteiger partial charge in [0.1, 0.15) is 0 Å². The summed E-state index contributed by atoms with van der Waals surface area (Å²) in [6.45, 7) is 3.73. The molecular weight excluding hydrogens is 262 g/mol. The van der Waals surface area contributed by atoms with Gasteiger partial charge in [0, 0.05) is 13.7 Å². The fourth-order valence-corrected chi connectivity index (χ4v) is 2.02. The van der Waals surface area contributed by atoms with Gasteiger partial charge in [0.05, 0.1) is 30.1 Å². The first-order valence-corrected chi connectivity index (χ1v) is 6.07. The number of ether oxygens (including phenoxy) is 2. The van der Waals surface area contributed by atoms with Gasteiger partial charge in [-0.25, -0.2) is 0 Å². The Morgan fingerprint density at radius 2 is 2.47 bits per heavy atom. The van der Waals surface area contributed by atoms with Gasteiger partial charge in [-0.3, -0.25) is 4.79 Å². The van der Waals surface area contributed by atoms with E-state index in [1.165, 1.54) is 0 Å². The van der Waals surface area contributed by atoms with Gasteiger partial charge in [0.15, 0.2) is 0 Å². The van der Waals surface area contributed by atoms with E-state index in [4.69, 9.17) is 9.47 Å². The van der Waals surface area contributed by atoms with Gasteiger partial charge >= 0.3 is 0 Å². The molecule has 5 heteroatoms. The van der Waals surface area contributed by atoms with Crippen LogP contribution in [-0.2, 0) is 14.3 Å². The summed E-state index contributed by atoms with van der Waals surface area (Å²) in [6, 6.07) is 0. The summed E-state index contributed by atoms with van der Waals surface area (Å²) in [6.07, 6.45) is 1.03. The minimum absolute atomic E-state index is 0.0160. The highest BCUT2D eigenvalue weighted by molar-refractivity contribution is 9.09. The summed E-state index contributed by atoms with van der Waals surface area (Å²) in [5.41, 5.74) is 0. The highest BCUT2D eigenvalue weighted by Crippen LogP contribution is 2.18. The minimum Gasteiger partial charge on any atom is -0.383 e. The first-order chi connectivity index (χ1) is 7.13. The van der Waals surface area contributed by atoms with E-state index in [2.05, 4.69) is 21.2 Å². The number of carbonyl (C=O) groups is 1. The Hall–Kier alpha value is -0.130. The smallest absolute Gasteiger partial charge is 0.225 e. The molecule has 3 atom stereocenters. The molecule has 0 aromatic heterocycles. The molecule has 1 aliphatic heterocycles. The van der Waals surface area contributed by atoms with Crippen LogP contribution in [-0.4, -0.2) is 43.7 Å². The third kappa shape index (κ3) is 4.49. The number of carbonyl (C=O) groups excluding carboxylic acids is 1. The molecule has 0 spiro atoms. The van der Waals surface area contributed by atoms with Gasteiger partial charge in [-0.05, 0) is 13.3 Å². The van der Waals surface area contributed by atoms with E-state index in [0.29, 0.717) is 19.8 Å². The van der Waals surface area contributed by atoms with Crippen LogP contribution in [0.2, 0.25) is 0 Å². The predicted octanol–water partition coefficient (Wildman–Crippen LogP) is 0.937. The Morgan fingerprint density at radius 3 is 3.00 bits per heavy atom. The zero-order chi connectivity index (χ0) is 11.3. The largest absolute Gasteiger partial charge is 0.383 e. The number of nitrogens with one attached hydrogen (secondary N) is 1. The van der Waals surface area contributed by atoms with Crippen molar-refractivity contribution in [3.8, 4) is 0 Å². The maximum absolute atomic E-state index is 11.6. The zero-order valence-corrected chi connectivity index (χ0v) is 10.7. The van der Waals surface area contributed by atoms with Crippen molar-refractivity contribution in [2.75, 3.05) is 26.9 Å². The molecule has 0 aromatic rings. The van der Waals surface area contributed by atoms with Crippen LogP contribution in [0.3, 0.4) is 0 Å². The van der Waals surface area contributed by atoms with E-state index in [1.54, 1.807) is 7.11 Å². The van der Waals surface area contributed by atoms with Crippen molar-refractivity contribution in [2.24, 2.45) is 5.92 Å². The van der Waals surface area contributed by atoms with Crippen molar-refractivity contribution in [3.63, 3.8) is 0 Å². The van der Waals surface area contributed by atoms with Crippen LogP contribution in [0.1, 0.15) is 13.3 Å². The molecular formula is C10H18BrNO3. The van der Waals surface area contributed by atoms with Crippen molar-refractivity contribution < 1.29 is 14.3 Å². The Morgan fingerprint density at radius 1 is 1.73 bits per heavy atom. The molecule has 0 bridgehead atoms. The van der Waals surface area contributed by atoms with Crippen LogP contribution in [0.25, 0.3) is 0 Å². The number of halogens is 1. The van der Waals surface area contributed by atoms with E-state index in [0.717, 1.165) is 6.42 Å². The molecule has 1 N–H and O–H groups in total. The summed E-state index contributed by atoms with van der Waals surface area (Å²) < 4.78 is 10.3. The summed E-state index contributed by atoms with van der Waals surface area (Å²) in [5, 5.41) is 2.88. The van der Waals surface area contributed by atoms with Crippen molar-refractivity contribution in [3.05, 3.63) is 0 Å². The molecule has 1 rings (SSSR count). The van der Waals surface area contributed by atoms with Gasteiger partial charge < -0.3 is 14.8 Å². The Balaban J connectivity index is 2.18. The third-order valence-corrected chi connectivity index (χ3v) is 3.00. The standard InChI is InChI=1S/C10H18BrNO3/c1-7-3-8(5-15-7)10(13)12-4-9(11)6-14-2/h7-9H,3-6H2,1-2H3,(H,12,13). The Kier molecular flexibility index (Phi) is 5.56. The molecule has 0 radical (unpaired) electrons. The normalized spacial score (nSPS) is 27.7. The lowest BCUT2D eigenvalue weighted by Gasteiger charge is -2.12. The molecule has 88 valence electrons. The van der Waals surface area contributed by atoms with Crippen LogP contribution in [0, 0.1) is 5.92 Å². The first kappa shape index (κ1) is 12.9. The average molecular weight is 280 g/mol. The second-order valence-electron chi connectivity index (χ2n) is 3.87. The Labute approximate surface area is 98.8 Å². The molecule has 4 nitrogen and oxygen atoms in total. The van der Waals surface area contributed by atoms with Crippen LogP contribution in [0.15, 0.2) is 0 Å². The van der Waals surface area contributed by atoms with E-state index in [1.807, 2.05) is 6.92 Å². The summed E-state index contributed by atoms with van der Waals surface area (Å²) in [5.74, 6) is 0.0992. The molecule has 0 aliphatic carbocycles. The second-order valence-corrected chi connectivity index (χ2v) is 5.17. The molecule has 0 saturated carbocycles. The molecule has 15 heavy (non-hydrogen) atoms. The van der Waals surface area contributed by atoms with Gasteiger partial charge in [0.25, 0.3) is 0 Å². The quantitative estimate of drug-likeness (QED) is 0.762. The summed E-state index contributed by atoms with van der Waals surface area (Å²) in [7, 11) is 1.64. The number of hydrogen-bond acceptors (Lipinski definition) is 3. The third-order valence-electron chi connectivity index (χ3n) is 2.41. The topological polar surface area (TPSA) is 47.6 Å². The molecule has 3 unspecified atom stereocenters. The van der Waals surface area contributed by atoms with E-state index >= 15 is 0 Å². The summed E-state index contributed by atoms with van der Waals surface area (Å²) >= 11 is 3.42. The van der Waals surface area contributed by atoms with E-state index in [9.17, 15) is 4.79 Å². The number of alkyl halides is 1. The van der Waals surface area contributed by atoms with Crippen molar-refractivity contribution >= 4 is 21.8 Å². The molecule has 1 heterocycles. The van der Waals surface area contributed by atoms with Crippen LogP contribution >= 0.6 is 15.9 Å². The van der Waals surface area contributed by atoms with Crippen LogP contribution < -0.4 is 5.32 Å². The fourth-order valence-electron chi connectivity index (χ4n) is 1.60. The zero-order valence-electron chi connectivity index (χ0n) is 9.16. The summed E-state index contributed by atoms with van der Waals surface area (Å²) in [4.78, 5) is 11.8. The van der Waals surface area contributed by atoms with Crippen LogP contribution in [0.5, 0.6) is 0 Å². The van der Waals surface area contributed by atoms with Gasteiger partial charge in [0.2, 0.25) is 5.91 Å². The number of hydrogen-bond donors (Lipinski definition) is 1. The van der Waals surface area contributed by atoms with Crippen LogP contribution in [0.4, 0.5) is 0 Å². The SMILES string of the molecule is COCC(Br)CNC(=O)C1COC(C)C1. The van der Waals surface area contributed by atoms with E-state index < -0.39 is 0 Å². The lowest BCUT2D eigenvalue weighted by Crippen LogP contribution is -2.36. The lowest BCUT2D eigenvalue weighted by atomic mass is 10.1. The fraction of sp³-hybridized carbons (Fsp3) is 0.900. The van der Waals surface area contributed by atoms with Crippen molar-refractivity contribution in [1.29, 1.82) is 0 Å². The average Bonchev–Trinajstić information content (AvgIpc) is 2.62. The highest BCUT2D eigenvalue weighted by Gasteiger charge is 2.28. The molecule has 1 aliphatic rings. The number of amides is 1. The maximum Gasteiger partial charge on any atom is 0.225 e. The van der Waals surface area contributed by atoms with Crippen molar-refractivity contribution in [2.45, 2.75) is 24.3 Å².